The maximum Gasteiger partial charge on any atom is 0.290 e. The number of rotatable bonds is 6. The number of nitrogens with zero attached hydrogens (tertiary/aromatic N) is 2. The minimum absolute atomic E-state index is 0.159. The molecule has 0 spiro atoms. The molecule has 3 rings (SSSR count). The van der Waals surface area contributed by atoms with E-state index >= 15 is 0 Å². The lowest BCUT2D eigenvalue weighted by Gasteiger charge is -2.11. The maximum absolute atomic E-state index is 12.8. The van der Waals surface area contributed by atoms with Crippen molar-refractivity contribution in [2.75, 3.05) is 0 Å². The molecule has 0 fully saturated rings. The summed E-state index contributed by atoms with van der Waals surface area (Å²) in [5.41, 5.74) is 7.67. The van der Waals surface area contributed by atoms with Crippen LogP contribution in [0.4, 0.5) is 0 Å². The van der Waals surface area contributed by atoms with Gasteiger partial charge in [0, 0.05) is 27.6 Å². The smallest absolute Gasteiger partial charge is 0.273 e. The van der Waals surface area contributed by atoms with Crippen LogP contribution >= 0.6 is 34.8 Å². The molecule has 9 heteroatoms. The summed E-state index contributed by atoms with van der Waals surface area (Å²) >= 11 is 18.5. The molecule has 1 aromatic heterocycles. The van der Waals surface area contributed by atoms with Gasteiger partial charge in [-0.05, 0) is 43.7 Å². The summed E-state index contributed by atoms with van der Waals surface area (Å²) < 4.78 is 1.59. The quantitative estimate of drug-likeness (QED) is 0.441. The molecule has 162 valence electrons. The zero-order chi connectivity index (χ0) is 22.5. The Labute approximate surface area is 195 Å². The molecule has 2 amide bonds. The van der Waals surface area contributed by atoms with Crippen LogP contribution in [0, 0.1) is 6.92 Å². The van der Waals surface area contributed by atoms with E-state index in [1.54, 1.807) is 41.9 Å². The monoisotopic (exact) mass is 478 g/mol. The zero-order valence-electron chi connectivity index (χ0n) is 17.0. The van der Waals surface area contributed by atoms with Crippen molar-refractivity contribution in [3.05, 3.63) is 68.8 Å². The fraction of sp³-hybridized carbons (Fsp3) is 0.227. The van der Waals surface area contributed by atoms with Crippen LogP contribution in [-0.4, -0.2) is 21.6 Å². The largest absolute Gasteiger partial charge is 0.290 e. The molecule has 2 aromatic carbocycles. The van der Waals surface area contributed by atoms with Crippen molar-refractivity contribution < 1.29 is 9.59 Å². The fourth-order valence-electron chi connectivity index (χ4n) is 3.07. The first kappa shape index (κ1) is 23.1. The van der Waals surface area contributed by atoms with Crippen molar-refractivity contribution in [2.24, 2.45) is 0 Å². The van der Waals surface area contributed by atoms with Gasteiger partial charge in [-0.1, -0.05) is 60.3 Å². The second-order valence-electron chi connectivity index (χ2n) is 6.94. The first-order valence-electron chi connectivity index (χ1n) is 9.72. The van der Waals surface area contributed by atoms with Gasteiger partial charge in [0.15, 0.2) is 5.69 Å². The highest BCUT2D eigenvalue weighted by molar-refractivity contribution is 6.35. The number of nitrogens with one attached hydrogen (secondary N) is 2. The van der Waals surface area contributed by atoms with Crippen molar-refractivity contribution >= 4 is 46.6 Å². The van der Waals surface area contributed by atoms with Crippen LogP contribution in [0.2, 0.25) is 15.1 Å². The third-order valence-corrected chi connectivity index (χ3v) is 5.46. The number of halogens is 3. The first-order valence-corrected chi connectivity index (χ1v) is 10.8. The van der Waals surface area contributed by atoms with E-state index < -0.39 is 5.91 Å². The lowest BCUT2D eigenvalue weighted by molar-refractivity contribution is -0.121. The normalized spacial score (nSPS) is 10.7. The molecule has 0 aliphatic heterocycles. The van der Waals surface area contributed by atoms with E-state index in [1.807, 2.05) is 19.1 Å². The van der Waals surface area contributed by atoms with E-state index in [9.17, 15) is 9.59 Å². The summed E-state index contributed by atoms with van der Waals surface area (Å²) in [5.74, 6) is -0.785. The van der Waals surface area contributed by atoms with Crippen molar-refractivity contribution in [2.45, 2.75) is 33.1 Å². The van der Waals surface area contributed by atoms with Crippen LogP contribution in [0.5, 0.6) is 0 Å². The van der Waals surface area contributed by atoms with Crippen molar-refractivity contribution in [3.8, 4) is 16.9 Å². The summed E-state index contributed by atoms with van der Waals surface area (Å²) in [6.07, 6.45) is 1.96. The Morgan fingerprint density at radius 1 is 1.00 bits per heavy atom. The molecule has 3 aromatic rings. The number of carbonyl (C=O) groups excluding carboxylic acids is 2. The van der Waals surface area contributed by atoms with E-state index in [0.717, 1.165) is 18.4 Å². The number of benzene rings is 2. The Morgan fingerprint density at radius 2 is 1.68 bits per heavy atom. The summed E-state index contributed by atoms with van der Waals surface area (Å²) in [4.78, 5) is 24.6. The minimum Gasteiger partial charge on any atom is -0.273 e. The van der Waals surface area contributed by atoms with Crippen LogP contribution < -0.4 is 10.9 Å². The van der Waals surface area contributed by atoms with Crippen molar-refractivity contribution in [1.82, 2.24) is 20.6 Å². The average Bonchev–Trinajstić information content (AvgIpc) is 3.08. The number of hydrogen-bond acceptors (Lipinski definition) is 3. The summed E-state index contributed by atoms with van der Waals surface area (Å²) in [7, 11) is 0. The summed E-state index contributed by atoms with van der Waals surface area (Å²) in [5, 5.41) is 5.95. The van der Waals surface area contributed by atoms with Crippen molar-refractivity contribution in [1.29, 1.82) is 0 Å². The highest BCUT2D eigenvalue weighted by atomic mass is 35.5. The SMILES string of the molecule is CCCCC(=O)NNC(=O)c1nn(-c2ccc(Cl)cc2Cl)c(-c2ccc(Cl)cc2)c1C. The molecule has 0 aliphatic carbocycles. The summed E-state index contributed by atoms with van der Waals surface area (Å²) in [6.45, 7) is 3.77. The van der Waals surface area contributed by atoms with Gasteiger partial charge in [0.25, 0.3) is 5.91 Å². The van der Waals surface area contributed by atoms with Gasteiger partial charge < -0.3 is 0 Å². The average molecular weight is 480 g/mol. The van der Waals surface area contributed by atoms with Gasteiger partial charge >= 0.3 is 0 Å². The molecule has 0 saturated carbocycles. The van der Waals surface area contributed by atoms with Crippen molar-refractivity contribution in [3.63, 3.8) is 0 Å². The fourth-order valence-corrected chi connectivity index (χ4v) is 3.69. The van der Waals surface area contributed by atoms with E-state index in [4.69, 9.17) is 34.8 Å². The van der Waals surface area contributed by atoms with E-state index in [0.29, 0.717) is 38.4 Å². The molecule has 2 N–H and O–H groups in total. The topological polar surface area (TPSA) is 76.0 Å². The van der Waals surface area contributed by atoms with Gasteiger partial charge in [-0.15, -0.1) is 0 Å². The molecule has 0 saturated heterocycles. The van der Waals surface area contributed by atoms with Gasteiger partial charge in [0.05, 0.1) is 16.4 Å². The summed E-state index contributed by atoms with van der Waals surface area (Å²) in [6, 6.07) is 12.2. The Kier molecular flexibility index (Phi) is 7.59. The Balaban J connectivity index is 2.02. The first-order chi connectivity index (χ1) is 14.8. The molecule has 6 nitrogen and oxygen atoms in total. The number of amides is 2. The Hall–Kier alpha value is -2.54. The zero-order valence-corrected chi connectivity index (χ0v) is 19.3. The van der Waals surface area contributed by atoms with Crippen LogP contribution in [0.3, 0.4) is 0 Å². The Morgan fingerprint density at radius 3 is 2.32 bits per heavy atom. The lowest BCUT2D eigenvalue weighted by Crippen LogP contribution is -2.41. The van der Waals surface area contributed by atoms with E-state index in [2.05, 4.69) is 16.0 Å². The third-order valence-electron chi connectivity index (χ3n) is 4.67. The highest BCUT2D eigenvalue weighted by Gasteiger charge is 2.23. The third kappa shape index (κ3) is 5.39. The van der Waals surface area contributed by atoms with Gasteiger partial charge in [-0.3, -0.25) is 20.4 Å². The molecular formula is C22H21Cl3N4O2. The predicted octanol–water partition coefficient (Wildman–Crippen LogP) is 5.76. The molecule has 0 atom stereocenters. The Bertz CT molecular complexity index is 1110. The minimum atomic E-state index is -0.526. The van der Waals surface area contributed by atoms with E-state index in [-0.39, 0.29) is 11.6 Å². The van der Waals surface area contributed by atoms with Crippen LogP contribution in [0.25, 0.3) is 16.9 Å². The molecule has 0 unspecified atom stereocenters. The molecule has 0 aliphatic rings. The number of carbonyl (C=O) groups is 2. The van der Waals surface area contributed by atoms with Gasteiger partial charge in [0.2, 0.25) is 5.91 Å². The molecule has 31 heavy (non-hydrogen) atoms. The van der Waals surface area contributed by atoms with Crippen LogP contribution in [0.15, 0.2) is 42.5 Å². The van der Waals surface area contributed by atoms with Gasteiger partial charge in [-0.25, -0.2) is 4.68 Å². The molecule has 0 radical (unpaired) electrons. The predicted molar refractivity (Wildman–Crippen MR) is 124 cm³/mol. The maximum atomic E-state index is 12.8. The van der Waals surface area contributed by atoms with Crippen LogP contribution in [0.1, 0.15) is 42.2 Å². The number of hydrazine groups is 1. The molecular weight excluding hydrogens is 459 g/mol. The second kappa shape index (κ2) is 10.2. The highest BCUT2D eigenvalue weighted by Crippen LogP contribution is 2.33. The van der Waals surface area contributed by atoms with E-state index in [1.165, 1.54) is 0 Å². The molecule has 1 heterocycles. The van der Waals surface area contributed by atoms with Gasteiger partial charge in [-0.2, -0.15) is 5.10 Å². The van der Waals surface area contributed by atoms with Gasteiger partial charge in [0.1, 0.15) is 0 Å². The lowest BCUT2D eigenvalue weighted by atomic mass is 10.1. The standard InChI is InChI=1S/C22H21Cl3N4O2/c1-3-4-5-19(30)26-27-22(31)20-13(2)21(14-6-8-15(23)9-7-14)29(28-20)18-11-10-16(24)12-17(18)25/h6-12H,3-5H2,1-2H3,(H,26,30)(H,27,31). The number of aromatic nitrogens is 2. The second-order valence-corrected chi connectivity index (χ2v) is 8.22. The molecule has 0 bridgehead atoms. The number of hydrogen-bond donors (Lipinski definition) is 2. The van der Waals surface area contributed by atoms with Crippen LogP contribution in [-0.2, 0) is 4.79 Å². The number of unbranched alkanes of at least 4 members (excludes halogenated alkanes) is 1.